The van der Waals surface area contributed by atoms with E-state index in [2.05, 4.69) is 29.1 Å². The number of halogens is 1. The Labute approximate surface area is 188 Å². The predicted molar refractivity (Wildman–Crippen MR) is 125 cm³/mol. The van der Waals surface area contributed by atoms with Crippen LogP contribution >= 0.6 is 0 Å². The van der Waals surface area contributed by atoms with Gasteiger partial charge in [-0.15, -0.1) is 0 Å². The maximum absolute atomic E-state index is 14.6. The van der Waals surface area contributed by atoms with Gasteiger partial charge in [0.1, 0.15) is 12.4 Å². The molecule has 0 radical (unpaired) electrons. The summed E-state index contributed by atoms with van der Waals surface area (Å²) in [4.78, 5) is 8.72. The minimum absolute atomic E-state index is 0.121. The number of aliphatic hydroxyl groups is 1. The first-order valence-corrected chi connectivity index (χ1v) is 10.7. The molecule has 0 saturated carbocycles. The van der Waals surface area contributed by atoms with E-state index >= 15 is 0 Å². The molecule has 0 atom stereocenters. The molecule has 3 aromatic rings. The third kappa shape index (κ3) is 5.95. The predicted octanol–water partition coefficient (Wildman–Crippen LogP) is 5.10. The van der Waals surface area contributed by atoms with Gasteiger partial charge in [-0.2, -0.15) is 0 Å². The van der Waals surface area contributed by atoms with E-state index in [-0.39, 0.29) is 19.0 Å². The highest BCUT2D eigenvalue weighted by Crippen LogP contribution is 2.34. The van der Waals surface area contributed by atoms with Crippen molar-refractivity contribution in [1.29, 1.82) is 0 Å². The van der Waals surface area contributed by atoms with Gasteiger partial charge < -0.3 is 19.9 Å². The molecule has 0 bridgehead atoms. The van der Waals surface area contributed by atoms with Gasteiger partial charge in [-0.1, -0.05) is 13.8 Å². The monoisotopic (exact) mass is 439 g/mol. The van der Waals surface area contributed by atoms with Crippen LogP contribution in [0.2, 0.25) is 0 Å². The number of nitrogens with one attached hydrogen (secondary N) is 1. The van der Waals surface area contributed by atoms with Crippen molar-refractivity contribution in [1.82, 2.24) is 9.97 Å². The minimum atomic E-state index is -0.278. The number of aliphatic hydroxyl groups excluding tert-OH is 1. The highest BCUT2D eigenvalue weighted by Gasteiger charge is 2.14. The van der Waals surface area contributed by atoms with Crippen LogP contribution in [0.5, 0.6) is 11.8 Å². The smallest absolute Gasteiger partial charge is 0.214 e. The van der Waals surface area contributed by atoms with E-state index in [1.165, 1.54) is 6.07 Å². The average Bonchev–Trinajstić information content (AvgIpc) is 2.78. The number of ether oxygens (including phenoxy) is 2. The summed E-state index contributed by atoms with van der Waals surface area (Å²) in [5.41, 5.74) is 4.44. The van der Waals surface area contributed by atoms with Crippen LogP contribution in [0.3, 0.4) is 0 Å². The Morgan fingerprint density at radius 3 is 2.59 bits per heavy atom. The maximum atomic E-state index is 14.6. The first-order chi connectivity index (χ1) is 15.4. The third-order valence-corrected chi connectivity index (χ3v) is 5.05. The van der Waals surface area contributed by atoms with Crippen molar-refractivity contribution >= 4 is 5.69 Å². The van der Waals surface area contributed by atoms with Gasteiger partial charge in [-0.3, -0.25) is 0 Å². The molecule has 0 unspecified atom stereocenters. The van der Waals surface area contributed by atoms with Crippen molar-refractivity contribution in [2.45, 2.75) is 27.2 Å². The number of methoxy groups -OCH3 is 1. The highest BCUT2D eigenvalue weighted by molar-refractivity contribution is 5.76. The lowest BCUT2D eigenvalue weighted by Crippen LogP contribution is -2.07. The standard InChI is InChI=1S/C25H30FN3O3/c1-16(2)5-7-27-23-15-20(17(3)11-21(23)26)19-12-22(29-25(14-19)32-10-9-30)18-6-8-28-24(13-18)31-4/h6,8,11-16,27,30H,5,7,9-10H2,1-4H3. The Hall–Kier alpha value is -3.19. The largest absolute Gasteiger partial charge is 0.481 e. The lowest BCUT2D eigenvalue weighted by atomic mass is 9.98. The molecule has 2 N–H and O–H groups in total. The summed E-state index contributed by atoms with van der Waals surface area (Å²) in [7, 11) is 1.56. The molecule has 2 aromatic heterocycles. The normalized spacial score (nSPS) is 11.0. The van der Waals surface area contributed by atoms with Gasteiger partial charge in [0.05, 0.1) is 25.1 Å². The summed E-state index contributed by atoms with van der Waals surface area (Å²) in [6.45, 7) is 6.85. The molecule has 0 aliphatic carbocycles. The van der Waals surface area contributed by atoms with Gasteiger partial charge >= 0.3 is 0 Å². The molecule has 0 fully saturated rings. The quantitative estimate of drug-likeness (QED) is 0.458. The number of rotatable bonds is 10. The van der Waals surface area contributed by atoms with E-state index < -0.39 is 0 Å². The van der Waals surface area contributed by atoms with Crippen molar-refractivity contribution in [2.75, 3.05) is 32.2 Å². The van der Waals surface area contributed by atoms with Crippen molar-refractivity contribution < 1.29 is 19.0 Å². The van der Waals surface area contributed by atoms with Crippen molar-refractivity contribution in [2.24, 2.45) is 5.92 Å². The average molecular weight is 440 g/mol. The van der Waals surface area contributed by atoms with Gasteiger partial charge in [-0.05, 0) is 60.2 Å². The van der Waals surface area contributed by atoms with Crippen molar-refractivity contribution in [3.63, 3.8) is 0 Å². The third-order valence-electron chi connectivity index (χ3n) is 5.05. The summed E-state index contributed by atoms with van der Waals surface area (Å²) in [6, 6.07) is 10.7. The van der Waals surface area contributed by atoms with Crippen LogP contribution in [0.4, 0.5) is 10.1 Å². The second kappa shape index (κ2) is 10.9. The molecule has 3 rings (SSSR count). The summed E-state index contributed by atoms with van der Waals surface area (Å²) >= 11 is 0. The highest BCUT2D eigenvalue weighted by atomic mass is 19.1. The zero-order chi connectivity index (χ0) is 23.1. The number of hydrogen-bond donors (Lipinski definition) is 2. The first-order valence-electron chi connectivity index (χ1n) is 10.7. The van der Waals surface area contributed by atoms with Gasteiger partial charge in [0, 0.05) is 30.4 Å². The van der Waals surface area contributed by atoms with Gasteiger partial charge in [0.15, 0.2) is 0 Å². The van der Waals surface area contributed by atoms with Crippen LogP contribution in [0, 0.1) is 18.7 Å². The number of benzene rings is 1. The van der Waals surface area contributed by atoms with Crippen LogP contribution in [-0.2, 0) is 0 Å². The lowest BCUT2D eigenvalue weighted by molar-refractivity contribution is 0.197. The Kier molecular flexibility index (Phi) is 8.00. The zero-order valence-corrected chi connectivity index (χ0v) is 19.0. The van der Waals surface area contributed by atoms with E-state index in [0.29, 0.717) is 35.6 Å². The maximum Gasteiger partial charge on any atom is 0.214 e. The van der Waals surface area contributed by atoms with Gasteiger partial charge in [-0.25, -0.2) is 14.4 Å². The molecule has 0 saturated heterocycles. The van der Waals surface area contributed by atoms with Crippen LogP contribution in [0.25, 0.3) is 22.4 Å². The number of pyridine rings is 2. The molecule has 2 heterocycles. The van der Waals surface area contributed by atoms with E-state index in [1.807, 2.05) is 25.1 Å². The lowest BCUT2D eigenvalue weighted by Gasteiger charge is -2.15. The Morgan fingerprint density at radius 1 is 1.09 bits per heavy atom. The number of anilines is 1. The van der Waals surface area contributed by atoms with Crippen LogP contribution < -0.4 is 14.8 Å². The van der Waals surface area contributed by atoms with E-state index in [9.17, 15) is 9.50 Å². The molecule has 0 aliphatic heterocycles. The Balaban J connectivity index is 2.05. The molecule has 6 nitrogen and oxygen atoms in total. The molecular weight excluding hydrogens is 409 g/mol. The van der Waals surface area contributed by atoms with Crippen LogP contribution in [0.15, 0.2) is 42.6 Å². The fourth-order valence-corrected chi connectivity index (χ4v) is 3.33. The number of aromatic nitrogens is 2. The second-order valence-corrected chi connectivity index (χ2v) is 7.99. The SMILES string of the molecule is COc1cc(-c2cc(-c3cc(NCCC(C)C)c(F)cc3C)cc(OCCO)n2)ccn1. The van der Waals surface area contributed by atoms with Crippen molar-refractivity contribution in [3.8, 4) is 34.1 Å². The molecule has 1 aromatic carbocycles. The fraction of sp³-hybridized carbons (Fsp3) is 0.360. The number of hydrogen-bond acceptors (Lipinski definition) is 6. The summed E-state index contributed by atoms with van der Waals surface area (Å²) < 4.78 is 25.5. The van der Waals surface area contributed by atoms with Crippen LogP contribution in [0.1, 0.15) is 25.8 Å². The minimum Gasteiger partial charge on any atom is -0.481 e. The van der Waals surface area contributed by atoms with Gasteiger partial charge in [0.25, 0.3) is 0 Å². The second-order valence-electron chi connectivity index (χ2n) is 7.99. The van der Waals surface area contributed by atoms with E-state index in [4.69, 9.17) is 9.47 Å². The zero-order valence-electron chi connectivity index (χ0n) is 19.0. The molecule has 0 aliphatic rings. The Morgan fingerprint density at radius 2 is 1.88 bits per heavy atom. The summed E-state index contributed by atoms with van der Waals surface area (Å²) in [5.74, 6) is 1.10. The molecule has 0 spiro atoms. The van der Waals surface area contributed by atoms with Gasteiger partial charge in [0.2, 0.25) is 11.8 Å². The summed E-state index contributed by atoms with van der Waals surface area (Å²) in [6.07, 6.45) is 2.60. The topological polar surface area (TPSA) is 76.5 Å². The molecule has 7 heteroatoms. The van der Waals surface area contributed by atoms with Crippen molar-refractivity contribution in [3.05, 3.63) is 54.0 Å². The number of aryl methyl sites for hydroxylation is 1. The van der Waals surface area contributed by atoms with Crippen LogP contribution in [-0.4, -0.2) is 41.9 Å². The number of nitrogens with zero attached hydrogens (tertiary/aromatic N) is 2. The first kappa shape index (κ1) is 23.5. The molecular formula is C25H30FN3O3. The molecule has 170 valence electrons. The Bertz CT molecular complexity index is 1060. The summed E-state index contributed by atoms with van der Waals surface area (Å²) in [5, 5.41) is 12.4. The molecule has 32 heavy (non-hydrogen) atoms. The molecule has 0 amide bonds. The van der Waals surface area contributed by atoms with E-state index in [0.717, 1.165) is 28.7 Å². The van der Waals surface area contributed by atoms with E-state index in [1.54, 1.807) is 25.4 Å². The fourth-order valence-electron chi connectivity index (χ4n) is 3.33.